The van der Waals surface area contributed by atoms with Crippen LogP contribution in [0.1, 0.15) is 17.5 Å². The summed E-state index contributed by atoms with van der Waals surface area (Å²) in [5.74, 6) is 1.06. The number of rotatable bonds is 3. The number of para-hydroxylation sites is 2. The number of hydrogen-bond donors (Lipinski definition) is 2. The number of benzene rings is 2. The van der Waals surface area contributed by atoms with Crippen molar-refractivity contribution in [1.82, 2.24) is 10.2 Å². The molecular weight excluding hydrogens is 324 g/mol. The van der Waals surface area contributed by atoms with Gasteiger partial charge in [-0.05, 0) is 37.6 Å². The molecule has 0 radical (unpaired) electrons. The normalized spacial score (nSPS) is 19.1. The molecule has 2 aromatic carbocycles. The number of aliphatic imine (C=N–C) groups is 1. The summed E-state index contributed by atoms with van der Waals surface area (Å²) in [6.07, 6.45) is 1.01. The summed E-state index contributed by atoms with van der Waals surface area (Å²) in [5, 5.41) is 7.17. The fourth-order valence-corrected chi connectivity index (χ4v) is 3.66. The fraction of sp³-hybridized carbons (Fsp3) is 0.381. The average Bonchev–Trinajstić information content (AvgIpc) is 2.83. The summed E-state index contributed by atoms with van der Waals surface area (Å²) in [6, 6.07) is 15.2. The topological polar surface area (TPSA) is 48.9 Å². The van der Waals surface area contributed by atoms with Gasteiger partial charge in [-0.15, -0.1) is 0 Å². The number of fused-ring (bicyclic) bond motifs is 2. The molecule has 1 saturated heterocycles. The molecule has 0 amide bonds. The van der Waals surface area contributed by atoms with Crippen molar-refractivity contribution in [3.8, 4) is 0 Å². The van der Waals surface area contributed by atoms with Crippen molar-refractivity contribution in [3.63, 3.8) is 0 Å². The third-order valence-electron chi connectivity index (χ3n) is 5.04. The Morgan fingerprint density at radius 1 is 1.19 bits per heavy atom. The highest BCUT2D eigenvalue weighted by atomic mass is 16.5. The summed E-state index contributed by atoms with van der Waals surface area (Å²) in [5.41, 5.74) is 5.58. The number of piperazine rings is 1. The fourth-order valence-electron chi connectivity index (χ4n) is 3.66. The van der Waals surface area contributed by atoms with Crippen molar-refractivity contribution in [3.05, 3.63) is 53.6 Å². The van der Waals surface area contributed by atoms with Gasteiger partial charge in [-0.2, -0.15) is 0 Å². The zero-order valence-corrected chi connectivity index (χ0v) is 15.5. The lowest BCUT2D eigenvalue weighted by Crippen LogP contribution is -2.53. The number of aryl methyl sites for hydroxylation is 1. The average molecular weight is 350 g/mol. The Balaban J connectivity index is 1.73. The van der Waals surface area contributed by atoms with E-state index in [1.807, 2.05) is 12.1 Å². The molecule has 1 fully saturated rings. The second-order valence-corrected chi connectivity index (χ2v) is 7.01. The lowest BCUT2D eigenvalue weighted by atomic mass is 10.1. The first-order valence-corrected chi connectivity index (χ1v) is 9.27. The molecule has 5 heteroatoms. The lowest BCUT2D eigenvalue weighted by molar-refractivity contribution is 0.168. The number of amidine groups is 1. The second-order valence-electron chi connectivity index (χ2n) is 7.01. The summed E-state index contributed by atoms with van der Waals surface area (Å²) in [7, 11) is 1.76. The summed E-state index contributed by atoms with van der Waals surface area (Å²) in [4.78, 5) is 7.50. The van der Waals surface area contributed by atoms with Gasteiger partial charge in [0.15, 0.2) is 0 Å². The number of nitrogens with zero attached hydrogens (tertiary/aromatic N) is 2. The van der Waals surface area contributed by atoms with E-state index in [-0.39, 0.29) is 0 Å². The van der Waals surface area contributed by atoms with Crippen LogP contribution in [0.2, 0.25) is 0 Å². The predicted octanol–water partition coefficient (Wildman–Crippen LogP) is 3.44. The van der Waals surface area contributed by atoms with Crippen molar-refractivity contribution >= 4 is 22.9 Å². The molecule has 5 nitrogen and oxygen atoms in total. The van der Waals surface area contributed by atoms with Crippen molar-refractivity contribution in [2.75, 3.05) is 38.7 Å². The molecular formula is C21H26N4O. The molecule has 1 unspecified atom stereocenters. The van der Waals surface area contributed by atoms with E-state index < -0.39 is 0 Å². The van der Waals surface area contributed by atoms with Crippen molar-refractivity contribution in [1.29, 1.82) is 0 Å². The van der Waals surface area contributed by atoms with Gasteiger partial charge in [0.05, 0.1) is 11.4 Å². The molecule has 136 valence electrons. The van der Waals surface area contributed by atoms with Crippen molar-refractivity contribution in [2.45, 2.75) is 19.4 Å². The molecule has 2 aliphatic rings. The molecule has 0 aliphatic carbocycles. The minimum absolute atomic E-state index is 0.422. The summed E-state index contributed by atoms with van der Waals surface area (Å²) < 4.78 is 5.27. The predicted molar refractivity (Wildman–Crippen MR) is 107 cm³/mol. The van der Waals surface area contributed by atoms with Gasteiger partial charge in [0.1, 0.15) is 5.84 Å². The van der Waals surface area contributed by atoms with Gasteiger partial charge in [-0.3, -0.25) is 0 Å². The van der Waals surface area contributed by atoms with Gasteiger partial charge < -0.3 is 20.3 Å². The maximum atomic E-state index is 5.27. The van der Waals surface area contributed by atoms with Crippen LogP contribution in [0.4, 0.5) is 17.1 Å². The van der Waals surface area contributed by atoms with E-state index in [4.69, 9.17) is 9.73 Å². The Labute approximate surface area is 155 Å². The highest BCUT2D eigenvalue weighted by Crippen LogP contribution is 2.35. The maximum Gasteiger partial charge on any atom is 0.138 e. The number of nitrogens with one attached hydrogen (secondary N) is 2. The summed E-state index contributed by atoms with van der Waals surface area (Å²) in [6.45, 7) is 5.77. The zero-order valence-electron chi connectivity index (χ0n) is 15.5. The Kier molecular flexibility index (Phi) is 4.91. The third-order valence-corrected chi connectivity index (χ3v) is 5.04. The van der Waals surface area contributed by atoms with Crippen LogP contribution >= 0.6 is 0 Å². The van der Waals surface area contributed by atoms with Crippen LogP contribution in [-0.4, -0.2) is 50.1 Å². The van der Waals surface area contributed by atoms with Gasteiger partial charge in [-0.1, -0.05) is 23.8 Å². The van der Waals surface area contributed by atoms with Crippen LogP contribution in [0.25, 0.3) is 0 Å². The van der Waals surface area contributed by atoms with Crippen LogP contribution in [0.5, 0.6) is 0 Å². The van der Waals surface area contributed by atoms with Crippen molar-refractivity contribution < 1.29 is 4.74 Å². The van der Waals surface area contributed by atoms with E-state index >= 15 is 0 Å². The molecule has 1 atom stereocenters. The number of hydrogen-bond acceptors (Lipinski definition) is 5. The van der Waals surface area contributed by atoms with Gasteiger partial charge in [0, 0.05) is 50.6 Å². The standard InChI is InChI=1S/C21H26N4O/c1-15-7-8-18-17(13-15)21(24-20-6-4-3-5-19(20)23-18)25-11-10-22-16(14-25)9-12-26-2/h3-8,13,16,22-23H,9-12,14H2,1-2H3. The van der Waals surface area contributed by atoms with Crippen molar-refractivity contribution in [2.24, 2.45) is 4.99 Å². The molecule has 26 heavy (non-hydrogen) atoms. The van der Waals surface area contributed by atoms with Crippen LogP contribution in [-0.2, 0) is 4.74 Å². The van der Waals surface area contributed by atoms with E-state index in [0.29, 0.717) is 6.04 Å². The molecule has 0 bridgehead atoms. The summed E-state index contributed by atoms with van der Waals surface area (Å²) >= 11 is 0. The highest BCUT2D eigenvalue weighted by molar-refractivity contribution is 6.07. The molecule has 0 aromatic heterocycles. The van der Waals surface area contributed by atoms with Gasteiger partial charge in [0.25, 0.3) is 0 Å². The molecule has 2 aromatic rings. The minimum Gasteiger partial charge on any atom is -0.385 e. The lowest BCUT2D eigenvalue weighted by Gasteiger charge is -2.36. The van der Waals surface area contributed by atoms with E-state index in [2.05, 4.69) is 52.8 Å². The van der Waals surface area contributed by atoms with Crippen LogP contribution < -0.4 is 10.6 Å². The molecule has 0 spiro atoms. The van der Waals surface area contributed by atoms with Crippen LogP contribution in [0, 0.1) is 6.92 Å². The SMILES string of the molecule is COCCC1CN(C2=Nc3ccccc3Nc3ccc(C)cc32)CCN1. The smallest absolute Gasteiger partial charge is 0.138 e. The Bertz CT molecular complexity index is 817. The molecule has 0 saturated carbocycles. The van der Waals surface area contributed by atoms with Crippen LogP contribution in [0.3, 0.4) is 0 Å². The minimum atomic E-state index is 0.422. The Morgan fingerprint density at radius 3 is 2.96 bits per heavy atom. The van der Waals surface area contributed by atoms with Gasteiger partial charge in [0.2, 0.25) is 0 Å². The molecule has 4 rings (SSSR count). The highest BCUT2D eigenvalue weighted by Gasteiger charge is 2.26. The van der Waals surface area contributed by atoms with Gasteiger partial charge >= 0.3 is 0 Å². The second kappa shape index (κ2) is 7.48. The molecule has 2 heterocycles. The third kappa shape index (κ3) is 3.45. The van der Waals surface area contributed by atoms with E-state index in [9.17, 15) is 0 Å². The maximum absolute atomic E-state index is 5.27. The zero-order chi connectivity index (χ0) is 17.9. The first-order chi connectivity index (χ1) is 12.7. The van der Waals surface area contributed by atoms with E-state index in [0.717, 1.165) is 55.6 Å². The number of methoxy groups -OCH3 is 1. The van der Waals surface area contributed by atoms with Crippen LogP contribution in [0.15, 0.2) is 47.5 Å². The monoisotopic (exact) mass is 350 g/mol. The largest absolute Gasteiger partial charge is 0.385 e. The first kappa shape index (κ1) is 17.1. The van der Waals surface area contributed by atoms with E-state index in [1.165, 1.54) is 11.1 Å². The van der Waals surface area contributed by atoms with E-state index in [1.54, 1.807) is 7.11 Å². The quantitative estimate of drug-likeness (QED) is 0.890. The number of ether oxygens (including phenoxy) is 1. The molecule has 2 aliphatic heterocycles. The molecule has 2 N–H and O–H groups in total. The van der Waals surface area contributed by atoms with Gasteiger partial charge in [-0.25, -0.2) is 4.99 Å². The number of anilines is 2. The Morgan fingerprint density at radius 2 is 2.08 bits per heavy atom. The first-order valence-electron chi connectivity index (χ1n) is 9.27. The Hall–Kier alpha value is -2.37.